The van der Waals surface area contributed by atoms with Crippen molar-refractivity contribution in [2.24, 2.45) is 0 Å². The van der Waals surface area contributed by atoms with Gasteiger partial charge in [-0.2, -0.15) is 0 Å². The Bertz CT molecular complexity index is 441. The van der Waals surface area contributed by atoms with Gasteiger partial charge in [0.05, 0.1) is 11.3 Å². The van der Waals surface area contributed by atoms with Crippen molar-refractivity contribution in [3.8, 4) is 0 Å². The number of nitrogens with zero attached hydrogens (tertiary/aromatic N) is 1. The molecule has 5 nitrogen and oxygen atoms in total. The summed E-state index contributed by atoms with van der Waals surface area (Å²) in [6.07, 6.45) is 2.68. The lowest BCUT2D eigenvalue weighted by Crippen LogP contribution is -2.43. The number of nitrogens with one attached hydrogen (secondary N) is 2. The van der Waals surface area contributed by atoms with Gasteiger partial charge in [-0.25, -0.2) is 18.1 Å². The topological polar surface area (TPSA) is 71.1 Å². The van der Waals surface area contributed by atoms with E-state index in [1.54, 1.807) is 6.20 Å². The van der Waals surface area contributed by atoms with E-state index in [1.807, 2.05) is 26.2 Å². The van der Waals surface area contributed by atoms with Crippen molar-refractivity contribution in [3.63, 3.8) is 0 Å². The van der Waals surface area contributed by atoms with E-state index in [1.165, 1.54) is 11.3 Å². The van der Waals surface area contributed by atoms with Crippen molar-refractivity contribution >= 4 is 21.4 Å². The molecule has 0 atom stereocenters. The molecule has 18 heavy (non-hydrogen) atoms. The molecule has 1 heterocycles. The zero-order chi connectivity index (χ0) is 13.6. The van der Waals surface area contributed by atoms with E-state index in [2.05, 4.69) is 15.0 Å². The van der Waals surface area contributed by atoms with Crippen LogP contribution in [-0.4, -0.2) is 32.2 Å². The number of sulfonamides is 1. The average molecular weight is 291 g/mol. The number of aromatic nitrogens is 1. The van der Waals surface area contributed by atoms with Crippen molar-refractivity contribution in [1.82, 2.24) is 15.0 Å². The van der Waals surface area contributed by atoms with Crippen LogP contribution < -0.4 is 10.0 Å². The molecule has 0 bridgehead atoms. The molecule has 0 radical (unpaired) electrons. The van der Waals surface area contributed by atoms with Crippen LogP contribution in [0.3, 0.4) is 0 Å². The molecule has 1 rings (SSSR count). The highest BCUT2D eigenvalue weighted by Gasteiger charge is 2.28. The summed E-state index contributed by atoms with van der Waals surface area (Å²) in [5, 5.41) is 5.69. The van der Waals surface area contributed by atoms with Crippen LogP contribution in [0.4, 0.5) is 0 Å². The van der Waals surface area contributed by atoms with E-state index in [0.29, 0.717) is 6.54 Å². The minimum absolute atomic E-state index is 0.0851. The molecular weight excluding hydrogens is 270 g/mol. The first-order valence-electron chi connectivity index (χ1n) is 6.00. The molecule has 0 saturated carbocycles. The van der Waals surface area contributed by atoms with E-state index in [-0.39, 0.29) is 5.75 Å². The fourth-order valence-electron chi connectivity index (χ4n) is 1.52. The van der Waals surface area contributed by atoms with Crippen molar-refractivity contribution < 1.29 is 8.42 Å². The van der Waals surface area contributed by atoms with Crippen LogP contribution in [0.1, 0.15) is 32.2 Å². The Morgan fingerprint density at radius 2 is 2.11 bits per heavy atom. The zero-order valence-corrected chi connectivity index (χ0v) is 12.7. The molecule has 2 N–H and O–H groups in total. The molecule has 0 amide bonds. The molecule has 0 aliphatic heterocycles. The molecular formula is C11H21N3O2S2. The van der Waals surface area contributed by atoms with Gasteiger partial charge >= 0.3 is 0 Å². The first-order chi connectivity index (χ1) is 8.37. The lowest BCUT2D eigenvalue weighted by molar-refractivity contribution is 0.469. The van der Waals surface area contributed by atoms with Gasteiger partial charge in [-0.15, -0.1) is 11.3 Å². The molecule has 7 heteroatoms. The van der Waals surface area contributed by atoms with Crippen LogP contribution >= 0.6 is 11.3 Å². The molecule has 1 aromatic rings. The largest absolute Gasteiger partial charge is 0.316 e. The van der Waals surface area contributed by atoms with Gasteiger partial charge in [-0.3, -0.25) is 0 Å². The third kappa shape index (κ3) is 5.01. The summed E-state index contributed by atoms with van der Waals surface area (Å²) in [5.41, 5.74) is -0.655. The monoisotopic (exact) mass is 291 g/mol. The predicted octanol–water partition coefficient (Wildman–Crippen LogP) is 1.30. The molecule has 0 unspecified atom stereocenters. The van der Waals surface area contributed by atoms with Gasteiger partial charge in [0, 0.05) is 18.1 Å². The molecule has 0 saturated heterocycles. The molecule has 0 aliphatic carbocycles. The van der Waals surface area contributed by atoms with Crippen LogP contribution in [0.5, 0.6) is 0 Å². The second-order valence-electron chi connectivity index (χ2n) is 4.63. The Labute approximate surface area is 113 Å². The highest BCUT2D eigenvalue weighted by Crippen LogP contribution is 2.22. The van der Waals surface area contributed by atoms with Crippen LogP contribution in [0, 0.1) is 0 Å². The lowest BCUT2D eigenvalue weighted by atomic mass is 10.1. The molecule has 0 fully saturated rings. The smallest absolute Gasteiger partial charge is 0.213 e. The van der Waals surface area contributed by atoms with Gasteiger partial charge in [0.25, 0.3) is 0 Å². The third-order valence-corrected chi connectivity index (χ3v) is 5.01. The van der Waals surface area contributed by atoms with Gasteiger partial charge < -0.3 is 5.32 Å². The van der Waals surface area contributed by atoms with Crippen molar-refractivity contribution in [1.29, 1.82) is 0 Å². The minimum Gasteiger partial charge on any atom is -0.316 e. The van der Waals surface area contributed by atoms with Crippen LogP contribution in [0.2, 0.25) is 0 Å². The number of rotatable bonds is 8. The molecule has 0 aromatic carbocycles. The molecule has 1 aromatic heterocycles. The Hall–Kier alpha value is -0.500. The van der Waals surface area contributed by atoms with E-state index in [9.17, 15) is 8.42 Å². The van der Waals surface area contributed by atoms with E-state index in [4.69, 9.17) is 0 Å². The molecule has 104 valence electrons. The summed E-state index contributed by atoms with van der Waals surface area (Å²) in [6, 6.07) is 0. The number of hydrogen-bond acceptors (Lipinski definition) is 5. The summed E-state index contributed by atoms with van der Waals surface area (Å²) in [5.74, 6) is 0.0851. The summed E-state index contributed by atoms with van der Waals surface area (Å²) in [7, 11) is -3.29. The zero-order valence-electron chi connectivity index (χ0n) is 11.1. The van der Waals surface area contributed by atoms with Crippen LogP contribution in [-0.2, 0) is 15.6 Å². The Morgan fingerprint density at radius 1 is 1.39 bits per heavy atom. The fourth-order valence-corrected chi connectivity index (χ4v) is 3.70. The number of thiazole rings is 1. The van der Waals surface area contributed by atoms with Crippen molar-refractivity contribution in [2.75, 3.05) is 18.8 Å². The Balaban J connectivity index is 2.54. The summed E-state index contributed by atoms with van der Waals surface area (Å²) >= 11 is 1.45. The molecule has 0 aliphatic rings. The quantitative estimate of drug-likeness (QED) is 0.708. The number of hydrogen-bond donors (Lipinski definition) is 2. The van der Waals surface area contributed by atoms with Crippen molar-refractivity contribution in [3.05, 3.63) is 16.6 Å². The minimum atomic E-state index is -3.29. The van der Waals surface area contributed by atoms with E-state index >= 15 is 0 Å². The Kier molecular flexibility index (Phi) is 5.71. The fraction of sp³-hybridized carbons (Fsp3) is 0.727. The molecule has 0 spiro atoms. The predicted molar refractivity (Wildman–Crippen MR) is 75.2 cm³/mol. The summed E-state index contributed by atoms with van der Waals surface area (Å²) in [6.45, 7) is 7.00. The summed E-state index contributed by atoms with van der Waals surface area (Å²) in [4.78, 5) is 4.16. The van der Waals surface area contributed by atoms with Gasteiger partial charge in [-0.1, -0.05) is 6.92 Å². The first-order valence-corrected chi connectivity index (χ1v) is 8.53. The Morgan fingerprint density at radius 3 is 2.67 bits per heavy atom. The summed E-state index contributed by atoms with van der Waals surface area (Å²) < 4.78 is 26.6. The average Bonchev–Trinajstić information content (AvgIpc) is 2.77. The third-order valence-electron chi connectivity index (χ3n) is 2.35. The van der Waals surface area contributed by atoms with Gasteiger partial charge in [0.2, 0.25) is 10.0 Å². The maximum atomic E-state index is 11.9. The van der Waals surface area contributed by atoms with Crippen LogP contribution in [0.25, 0.3) is 0 Å². The van der Waals surface area contributed by atoms with Gasteiger partial charge in [0.1, 0.15) is 5.01 Å². The second kappa shape index (κ2) is 6.60. The van der Waals surface area contributed by atoms with Crippen LogP contribution in [0.15, 0.2) is 11.6 Å². The highest BCUT2D eigenvalue weighted by molar-refractivity contribution is 7.89. The highest BCUT2D eigenvalue weighted by atomic mass is 32.2. The maximum Gasteiger partial charge on any atom is 0.213 e. The van der Waals surface area contributed by atoms with Crippen molar-refractivity contribution in [2.45, 2.75) is 32.7 Å². The van der Waals surface area contributed by atoms with Gasteiger partial charge in [-0.05, 0) is 26.8 Å². The maximum absolute atomic E-state index is 11.9. The normalized spacial score (nSPS) is 12.8. The first kappa shape index (κ1) is 15.6. The SMILES string of the molecule is CCCNCCS(=O)(=O)NC(C)(C)c1nccs1. The second-order valence-corrected chi connectivity index (χ2v) is 7.37. The van der Waals surface area contributed by atoms with E-state index < -0.39 is 15.6 Å². The standard InChI is InChI=1S/C11H21N3O2S2/c1-4-5-12-7-9-18(15,16)14-11(2,3)10-13-6-8-17-10/h6,8,12,14H,4-5,7,9H2,1-3H3. The van der Waals surface area contributed by atoms with Gasteiger partial charge in [0.15, 0.2) is 0 Å². The van der Waals surface area contributed by atoms with E-state index in [0.717, 1.165) is 18.0 Å². The lowest BCUT2D eigenvalue weighted by Gasteiger charge is -2.23.